The summed E-state index contributed by atoms with van der Waals surface area (Å²) in [4.78, 5) is 36.2. The Kier molecular flexibility index (Phi) is 9.27. The highest BCUT2D eigenvalue weighted by Gasteiger charge is 2.18. The molecule has 8 nitrogen and oxygen atoms in total. The molecule has 0 fully saturated rings. The van der Waals surface area contributed by atoms with E-state index in [4.69, 9.17) is 19.9 Å². The van der Waals surface area contributed by atoms with Crippen molar-refractivity contribution in [3.63, 3.8) is 0 Å². The number of carbonyl (C=O) groups is 3. The van der Waals surface area contributed by atoms with Crippen molar-refractivity contribution < 1.29 is 33.7 Å². The molecular weight excluding hydrogens is 474 g/mol. The number of hydrogen-bond acceptors (Lipinski definition) is 7. The average Bonchev–Trinajstić information content (AvgIpc) is 2.89. The van der Waals surface area contributed by atoms with Crippen molar-refractivity contribution in [2.24, 2.45) is 11.7 Å². The first-order valence-corrected chi connectivity index (χ1v) is 11.9. The van der Waals surface area contributed by atoms with Gasteiger partial charge in [-0.05, 0) is 65.9 Å². The van der Waals surface area contributed by atoms with Crippen LogP contribution in [0, 0.1) is 5.92 Å². The zero-order chi connectivity index (χ0) is 26.9. The summed E-state index contributed by atoms with van der Waals surface area (Å²) in [6, 6.07) is 16.2. The summed E-state index contributed by atoms with van der Waals surface area (Å²) in [7, 11) is 1.31. The van der Waals surface area contributed by atoms with Crippen LogP contribution in [-0.2, 0) is 22.6 Å². The van der Waals surface area contributed by atoms with Crippen molar-refractivity contribution in [3.8, 4) is 17.2 Å². The molecule has 0 bridgehead atoms. The fourth-order valence-corrected chi connectivity index (χ4v) is 3.53. The van der Waals surface area contributed by atoms with E-state index in [-0.39, 0.29) is 42.5 Å². The van der Waals surface area contributed by atoms with Gasteiger partial charge in [0.15, 0.2) is 5.78 Å². The molecule has 3 aromatic carbocycles. The second-order valence-electron chi connectivity index (χ2n) is 8.96. The number of primary amides is 1. The topological polar surface area (TPSA) is 125 Å². The van der Waals surface area contributed by atoms with Crippen molar-refractivity contribution >= 4 is 17.7 Å². The van der Waals surface area contributed by atoms with Crippen LogP contribution >= 0.6 is 0 Å². The van der Waals surface area contributed by atoms with Crippen molar-refractivity contribution in [2.75, 3.05) is 13.7 Å². The number of phenols is 1. The molecule has 0 radical (unpaired) electrons. The Morgan fingerprint density at radius 3 is 2.24 bits per heavy atom. The van der Waals surface area contributed by atoms with E-state index in [9.17, 15) is 19.5 Å². The number of rotatable bonds is 12. The molecule has 0 saturated heterocycles. The Labute approximate surface area is 216 Å². The fourth-order valence-electron chi connectivity index (χ4n) is 3.53. The molecule has 0 unspecified atom stereocenters. The minimum Gasteiger partial charge on any atom is -0.507 e. The maximum atomic E-state index is 13.2. The summed E-state index contributed by atoms with van der Waals surface area (Å²) in [6.45, 7) is 4.73. The Hall–Kier alpha value is -4.33. The van der Waals surface area contributed by atoms with Gasteiger partial charge >= 0.3 is 5.97 Å². The highest BCUT2D eigenvalue weighted by molar-refractivity contribution is 6.11. The van der Waals surface area contributed by atoms with E-state index in [0.717, 1.165) is 5.56 Å². The number of ketones is 1. The number of aryl methyl sites for hydroxylation is 1. The number of esters is 1. The highest BCUT2D eigenvalue weighted by atomic mass is 16.5. The number of aromatic hydroxyl groups is 1. The van der Waals surface area contributed by atoms with Gasteiger partial charge in [0.2, 0.25) is 5.91 Å². The SMILES string of the molecule is COC(=O)CCc1cc(C(=O)c2ccc(OCC(C)C)cc2O)ccc1OCc1ccc(C(N)=O)cc1. The van der Waals surface area contributed by atoms with E-state index in [1.54, 1.807) is 48.5 Å². The molecule has 0 aromatic heterocycles. The molecule has 0 saturated carbocycles. The Bertz CT molecular complexity index is 1270. The summed E-state index contributed by atoms with van der Waals surface area (Å²) in [5, 5.41) is 10.5. The lowest BCUT2D eigenvalue weighted by Gasteiger charge is -2.14. The van der Waals surface area contributed by atoms with Crippen LogP contribution in [0.2, 0.25) is 0 Å². The number of ether oxygens (including phenoxy) is 3. The zero-order valence-corrected chi connectivity index (χ0v) is 21.2. The minimum atomic E-state index is -0.512. The predicted octanol–water partition coefficient (Wildman–Crippen LogP) is 4.44. The Morgan fingerprint density at radius 1 is 0.919 bits per heavy atom. The molecule has 8 heteroatoms. The Morgan fingerprint density at radius 2 is 1.62 bits per heavy atom. The summed E-state index contributed by atoms with van der Waals surface area (Å²) in [5.74, 6) is -0.152. The lowest BCUT2D eigenvalue weighted by molar-refractivity contribution is -0.140. The third-order valence-electron chi connectivity index (χ3n) is 5.58. The first kappa shape index (κ1) is 27.3. The van der Waals surface area contributed by atoms with E-state index < -0.39 is 5.91 Å². The third kappa shape index (κ3) is 7.57. The van der Waals surface area contributed by atoms with Gasteiger partial charge in [0.05, 0.1) is 19.3 Å². The normalized spacial score (nSPS) is 10.7. The van der Waals surface area contributed by atoms with Gasteiger partial charge in [-0.2, -0.15) is 0 Å². The summed E-state index contributed by atoms with van der Waals surface area (Å²) >= 11 is 0. The van der Waals surface area contributed by atoms with Gasteiger partial charge in [0, 0.05) is 23.6 Å². The number of benzene rings is 3. The second-order valence-corrected chi connectivity index (χ2v) is 8.96. The summed E-state index contributed by atoms with van der Waals surface area (Å²) in [6.07, 6.45) is 0.392. The first-order valence-electron chi connectivity index (χ1n) is 11.9. The monoisotopic (exact) mass is 505 g/mol. The molecular formula is C29H31NO7. The van der Waals surface area contributed by atoms with Gasteiger partial charge in [-0.3, -0.25) is 14.4 Å². The molecule has 0 spiro atoms. The van der Waals surface area contributed by atoms with Crippen molar-refractivity contribution in [1.82, 2.24) is 0 Å². The number of nitrogens with two attached hydrogens (primary N) is 1. The van der Waals surface area contributed by atoms with E-state index in [0.29, 0.717) is 40.7 Å². The van der Waals surface area contributed by atoms with Crippen molar-refractivity contribution in [2.45, 2.75) is 33.3 Å². The molecule has 3 rings (SSSR count). The van der Waals surface area contributed by atoms with Crippen molar-refractivity contribution in [3.05, 3.63) is 88.5 Å². The van der Waals surface area contributed by atoms with E-state index in [1.165, 1.54) is 19.2 Å². The minimum absolute atomic E-state index is 0.102. The van der Waals surface area contributed by atoms with Crippen LogP contribution in [0.1, 0.15) is 57.7 Å². The second kappa shape index (κ2) is 12.6. The summed E-state index contributed by atoms with van der Waals surface area (Å²) < 4.78 is 16.3. The molecule has 0 aliphatic carbocycles. The van der Waals surface area contributed by atoms with Gasteiger partial charge < -0.3 is 25.1 Å². The van der Waals surface area contributed by atoms with E-state index in [2.05, 4.69) is 0 Å². The Balaban J connectivity index is 1.82. The van der Waals surface area contributed by atoms with Gasteiger partial charge in [0.1, 0.15) is 23.9 Å². The number of hydrogen-bond donors (Lipinski definition) is 2. The molecule has 3 N–H and O–H groups in total. The van der Waals surface area contributed by atoms with Gasteiger partial charge in [-0.15, -0.1) is 0 Å². The van der Waals surface area contributed by atoms with Crippen molar-refractivity contribution in [1.29, 1.82) is 0 Å². The number of phenolic OH excluding ortho intramolecular Hbond substituents is 1. The maximum absolute atomic E-state index is 13.2. The van der Waals surface area contributed by atoms with Crippen LogP contribution in [0.25, 0.3) is 0 Å². The number of methoxy groups -OCH3 is 1. The fraction of sp³-hybridized carbons (Fsp3) is 0.276. The van der Waals surface area contributed by atoms with Crippen LogP contribution < -0.4 is 15.2 Å². The molecule has 1 amide bonds. The lowest BCUT2D eigenvalue weighted by atomic mass is 9.98. The number of amides is 1. The molecule has 0 aliphatic rings. The highest BCUT2D eigenvalue weighted by Crippen LogP contribution is 2.29. The van der Waals surface area contributed by atoms with Crippen LogP contribution in [0.3, 0.4) is 0 Å². The maximum Gasteiger partial charge on any atom is 0.305 e. The molecule has 37 heavy (non-hydrogen) atoms. The molecule has 0 heterocycles. The first-order chi connectivity index (χ1) is 17.7. The zero-order valence-electron chi connectivity index (χ0n) is 21.2. The largest absolute Gasteiger partial charge is 0.507 e. The molecule has 194 valence electrons. The third-order valence-corrected chi connectivity index (χ3v) is 5.58. The van der Waals surface area contributed by atoms with Crippen LogP contribution in [0.15, 0.2) is 60.7 Å². The lowest BCUT2D eigenvalue weighted by Crippen LogP contribution is -2.10. The average molecular weight is 506 g/mol. The predicted molar refractivity (Wildman–Crippen MR) is 138 cm³/mol. The van der Waals surface area contributed by atoms with E-state index >= 15 is 0 Å². The van der Waals surface area contributed by atoms with Crippen LogP contribution in [-0.4, -0.2) is 36.5 Å². The van der Waals surface area contributed by atoms with E-state index in [1.807, 2.05) is 13.8 Å². The standard InChI is InChI=1S/C29H31NO7/c1-18(2)16-36-23-10-11-24(25(31)15-23)28(33)22-8-12-26(21(14-22)9-13-27(32)35-3)37-17-19-4-6-20(7-5-19)29(30)34/h4-8,10-12,14-15,18,31H,9,13,16-17H2,1-3H3,(H2,30,34). The molecule has 0 aliphatic heterocycles. The quantitative estimate of drug-likeness (QED) is 0.275. The van der Waals surface area contributed by atoms with Gasteiger partial charge in [0.25, 0.3) is 0 Å². The molecule has 3 aromatic rings. The van der Waals surface area contributed by atoms with Gasteiger partial charge in [-0.1, -0.05) is 26.0 Å². The van der Waals surface area contributed by atoms with Crippen LogP contribution in [0.4, 0.5) is 0 Å². The molecule has 0 atom stereocenters. The summed E-state index contributed by atoms with van der Waals surface area (Å²) in [5.41, 5.74) is 7.61. The van der Waals surface area contributed by atoms with Crippen LogP contribution in [0.5, 0.6) is 17.2 Å². The smallest absolute Gasteiger partial charge is 0.305 e. The van der Waals surface area contributed by atoms with Gasteiger partial charge in [-0.25, -0.2) is 0 Å². The number of carbonyl (C=O) groups excluding carboxylic acids is 3.